The van der Waals surface area contributed by atoms with Crippen LogP contribution in [0.2, 0.25) is 0 Å². The normalized spacial score (nSPS) is 11.8. The Bertz CT molecular complexity index is 1150. The number of nitrogens with zero attached hydrogens (tertiary/aromatic N) is 4. The fourth-order valence-electron chi connectivity index (χ4n) is 2.35. The van der Waals surface area contributed by atoms with Crippen molar-refractivity contribution in [1.29, 1.82) is 0 Å². The zero-order valence-corrected chi connectivity index (χ0v) is 13.9. The Morgan fingerprint density at radius 3 is 2.41 bits per heavy atom. The van der Waals surface area contributed by atoms with E-state index in [4.69, 9.17) is 4.42 Å². The summed E-state index contributed by atoms with van der Waals surface area (Å²) in [6.07, 6.45) is -4.45. The number of hydrogen-bond acceptors (Lipinski definition) is 7. The first-order chi connectivity index (χ1) is 12.8. The second kappa shape index (κ2) is 6.13. The fourth-order valence-corrected chi connectivity index (χ4v) is 3.21. The standard InChI is InChI=1S/C16H7F3N4O3S/c17-16(18,19)9-3-6-12-11(7-9)20-15(27-12)14-22-21-13(26-14)8-1-4-10(5-2-8)23(24)25/h1-7H. The molecule has 0 aliphatic rings. The van der Waals surface area contributed by atoms with Gasteiger partial charge in [-0.2, -0.15) is 13.2 Å². The third-order valence-electron chi connectivity index (χ3n) is 3.65. The minimum absolute atomic E-state index is 0.0538. The maximum absolute atomic E-state index is 12.8. The predicted octanol–water partition coefficient (Wildman–Crippen LogP) is 4.94. The lowest BCUT2D eigenvalue weighted by atomic mass is 10.2. The van der Waals surface area contributed by atoms with E-state index in [1.807, 2.05) is 0 Å². The first kappa shape index (κ1) is 17.1. The second-order valence-electron chi connectivity index (χ2n) is 5.42. The van der Waals surface area contributed by atoms with Gasteiger partial charge < -0.3 is 4.42 Å². The molecule has 0 atom stereocenters. The Morgan fingerprint density at radius 1 is 1.04 bits per heavy atom. The number of hydrogen-bond donors (Lipinski definition) is 0. The molecule has 0 spiro atoms. The van der Waals surface area contributed by atoms with Gasteiger partial charge in [-0.25, -0.2) is 4.98 Å². The summed E-state index contributed by atoms with van der Waals surface area (Å²) < 4.78 is 44.5. The molecule has 0 unspecified atom stereocenters. The van der Waals surface area contributed by atoms with Crippen molar-refractivity contribution >= 4 is 27.2 Å². The Hall–Kier alpha value is -3.34. The van der Waals surface area contributed by atoms with E-state index in [0.717, 1.165) is 23.5 Å². The molecule has 7 nitrogen and oxygen atoms in total. The van der Waals surface area contributed by atoms with Crippen molar-refractivity contribution in [3.63, 3.8) is 0 Å². The minimum atomic E-state index is -4.45. The highest BCUT2D eigenvalue weighted by atomic mass is 32.1. The van der Waals surface area contributed by atoms with Crippen molar-refractivity contribution < 1.29 is 22.5 Å². The van der Waals surface area contributed by atoms with Gasteiger partial charge in [-0.3, -0.25) is 10.1 Å². The molecule has 2 aromatic heterocycles. The van der Waals surface area contributed by atoms with Crippen LogP contribution in [0.3, 0.4) is 0 Å². The monoisotopic (exact) mass is 392 g/mol. The molecular weight excluding hydrogens is 385 g/mol. The summed E-state index contributed by atoms with van der Waals surface area (Å²) in [7, 11) is 0. The van der Waals surface area contributed by atoms with Crippen molar-refractivity contribution in [3.05, 3.63) is 58.1 Å². The lowest BCUT2D eigenvalue weighted by Crippen LogP contribution is -2.03. The van der Waals surface area contributed by atoms with Crippen LogP contribution in [0.5, 0.6) is 0 Å². The van der Waals surface area contributed by atoms with Crippen LogP contribution >= 0.6 is 11.3 Å². The lowest BCUT2D eigenvalue weighted by Gasteiger charge is -2.04. The first-order valence-corrected chi connectivity index (χ1v) is 8.19. The van der Waals surface area contributed by atoms with Gasteiger partial charge in [-0.05, 0) is 30.3 Å². The third-order valence-corrected chi connectivity index (χ3v) is 4.67. The van der Waals surface area contributed by atoms with Crippen molar-refractivity contribution in [2.45, 2.75) is 6.18 Å². The summed E-state index contributed by atoms with van der Waals surface area (Å²) in [6.45, 7) is 0. The van der Waals surface area contributed by atoms with Gasteiger partial charge in [0.25, 0.3) is 11.6 Å². The number of nitro benzene ring substituents is 1. The number of benzene rings is 2. The molecule has 2 heterocycles. The van der Waals surface area contributed by atoms with Crippen molar-refractivity contribution in [2.24, 2.45) is 0 Å². The van der Waals surface area contributed by atoms with E-state index in [1.165, 1.54) is 30.3 Å². The predicted molar refractivity (Wildman–Crippen MR) is 90.0 cm³/mol. The zero-order valence-electron chi connectivity index (χ0n) is 13.1. The van der Waals surface area contributed by atoms with E-state index in [-0.39, 0.29) is 28.0 Å². The van der Waals surface area contributed by atoms with Gasteiger partial charge in [0.2, 0.25) is 5.89 Å². The van der Waals surface area contributed by atoms with Crippen LogP contribution in [0.1, 0.15) is 5.56 Å². The highest BCUT2D eigenvalue weighted by molar-refractivity contribution is 7.21. The van der Waals surface area contributed by atoms with Gasteiger partial charge in [0, 0.05) is 17.7 Å². The Kier molecular flexibility index (Phi) is 3.88. The highest BCUT2D eigenvalue weighted by Gasteiger charge is 2.31. The lowest BCUT2D eigenvalue weighted by molar-refractivity contribution is -0.384. The molecule has 0 N–H and O–H groups in total. The molecule has 0 amide bonds. The summed E-state index contributed by atoms with van der Waals surface area (Å²) in [4.78, 5) is 14.3. The van der Waals surface area contributed by atoms with Crippen LogP contribution < -0.4 is 0 Å². The average molecular weight is 392 g/mol. The van der Waals surface area contributed by atoms with Crippen molar-refractivity contribution in [2.75, 3.05) is 0 Å². The van der Waals surface area contributed by atoms with Crippen LogP contribution in [-0.4, -0.2) is 20.1 Å². The van der Waals surface area contributed by atoms with Gasteiger partial charge >= 0.3 is 6.18 Å². The average Bonchev–Trinajstić information content (AvgIpc) is 3.27. The molecule has 0 aliphatic heterocycles. The third kappa shape index (κ3) is 3.24. The smallest absolute Gasteiger partial charge is 0.414 e. The van der Waals surface area contributed by atoms with Gasteiger partial charge in [0.15, 0.2) is 5.01 Å². The molecule has 136 valence electrons. The highest BCUT2D eigenvalue weighted by Crippen LogP contribution is 2.35. The summed E-state index contributed by atoms with van der Waals surface area (Å²) in [5, 5.41) is 18.7. The molecule has 11 heteroatoms. The number of halogens is 3. The molecule has 0 saturated carbocycles. The maximum atomic E-state index is 12.8. The number of alkyl halides is 3. The number of non-ortho nitro benzene ring substituents is 1. The number of rotatable bonds is 3. The van der Waals surface area contributed by atoms with Crippen LogP contribution in [0.25, 0.3) is 32.6 Å². The molecule has 0 fully saturated rings. The van der Waals surface area contributed by atoms with Gasteiger partial charge in [0.1, 0.15) is 0 Å². The quantitative estimate of drug-likeness (QED) is 0.362. The molecule has 4 aromatic rings. The van der Waals surface area contributed by atoms with Crippen molar-refractivity contribution in [1.82, 2.24) is 15.2 Å². The maximum Gasteiger partial charge on any atom is 0.416 e. The molecule has 27 heavy (non-hydrogen) atoms. The molecule has 2 aromatic carbocycles. The molecular formula is C16H7F3N4O3S. The van der Waals surface area contributed by atoms with Gasteiger partial charge in [0.05, 0.1) is 20.7 Å². The number of aromatic nitrogens is 3. The Morgan fingerprint density at radius 2 is 1.74 bits per heavy atom. The van der Waals surface area contributed by atoms with E-state index in [9.17, 15) is 23.3 Å². The molecule has 0 bridgehead atoms. The van der Waals surface area contributed by atoms with E-state index < -0.39 is 16.7 Å². The van der Waals surface area contributed by atoms with E-state index in [2.05, 4.69) is 15.2 Å². The van der Waals surface area contributed by atoms with E-state index in [1.54, 1.807) is 0 Å². The van der Waals surface area contributed by atoms with E-state index >= 15 is 0 Å². The number of fused-ring (bicyclic) bond motifs is 1. The summed E-state index contributed by atoms with van der Waals surface area (Å²) in [5.74, 6) is 0.174. The number of thiazole rings is 1. The molecule has 4 rings (SSSR count). The van der Waals surface area contributed by atoms with Crippen molar-refractivity contribution in [3.8, 4) is 22.4 Å². The summed E-state index contributed by atoms with van der Waals surface area (Å²) in [5.41, 5.74) is -0.214. The molecule has 0 aliphatic carbocycles. The van der Waals surface area contributed by atoms with Crippen LogP contribution in [0.4, 0.5) is 18.9 Å². The topological polar surface area (TPSA) is 95.0 Å². The summed E-state index contributed by atoms with van der Waals surface area (Å²) >= 11 is 1.12. The summed E-state index contributed by atoms with van der Waals surface area (Å²) in [6, 6.07) is 8.81. The minimum Gasteiger partial charge on any atom is -0.414 e. The Balaban J connectivity index is 1.67. The molecule has 0 radical (unpaired) electrons. The van der Waals surface area contributed by atoms with Crippen LogP contribution in [0, 0.1) is 10.1 Å². The largest absolute Gasteiger partial charge is 0.416 e. The number of nitro groups is 1. The van der Waals surface area contributed by atoms with E-state index in [0.29, 0.717) is 10.3 Å². The second-order valence-corrected chi connectivity index (χ2v) is 6.45. The Labute approximate surface area is 152 Å². The SMILES string of the molecule is O=[N+]([O-])c1ccc(-c2nnc(-c3nc4cc(C(F)(F)F)ccc4s3)o2)cc1. The molecule has 0 saturated heterocycles. The van der Waals surface area contributed by atoms with Gasteiger partial charge in [-0.1, -0.05) is 0 Å². The van der Waals surface area contributed by atoms with Gasteiger partial charge in [-0.15, -0.1) is 21.5 Å². The fraction of sp³-hybridized carbons (Fsp3) is 0.0625. The zero-order chi connectivity index (χ0) is 19.2. The van der Waals surface area contributed by atoms with Crippen LogP contribution in [0.15, 0.2) is 46.9 Å². The first-order valence-electron chi connectivity index (χ1n) is 7.38. The van der Waals surface area contributed by atoms with Crippen LogP contribution in [-0.2, 0) is 6.18 Å².